The number of hydrogen-bond donors (Lipinski definition) is 0. The molecule has 0 spiro atoms. The van der Waals surface area contributed by atoms with E-state index >= 15 is 0 Å². The van der Waals surface area contributed by atoms with Crippen molar-refractivity contribution in [1.82, 2.24) is 19.2 Å². The van der Waals surface area contributed by atoms with Gasteiger partial charge >= 0.3 is 0 Å². The third kappa shape index (κ3) is 4.65. The molecule has 2 heterocycles. The van der Waals surface area contributed by atoms with E-state index in [-0.39, 0.29) is 0 Å². The lowest BCUT2D eigenvalue weighted by atomic mass is 10.1. The van der Waals surface area contributed by atoms with Crippen molar-refractivity contribution in [2.75, 3.05) is 25.0 Å². The fourth-order valence-corrected chi connectivity index (χ4v) is 4.62. The Bertz CT molecular complexity index is 1020. The smallest absolute Gasteiger partial charge is 0.199 e. The van der Waals surface area contributed by atoms with Crippen LogP contribution in [0.4, 0.5) is 5.69 Å². The molecule has 0 bridgehead atoms. The van der Waals surface area contributed by atoms with Gasteiger partial charge in [-0.3, -0.25) is 4.90 Å². The molecule has 2 aromatic carbocycles. The maximum absolute atomic E-state index is 5.75. The summed E-state index contributed by atoms with van der Waals surface area (Å²) in [5.41, 5.74) is 3.99. The third-order valence-corrected chi connectivity index (χ3v) is 6.21. The number of rotatable bonds is 8. The van der Waals surface area contributed by atoms with Gasteiger partial charge in [-0.25, -0.2) is 4.68 Å². The second kappa shape index (κ2) is 9.58. The molecular weight excluding hydrogens is 390 g/mol. The van der Waals surface area contributed by atoms with E-state index in [1.807, 2.05) is 10.7 Å². The van der Waals surface area contributed by atoms with E-state index < -0.39 is 0 Å². The minimum absolute atomic E-state index is 0.682. The Hall–Kier alpha value is -2.44. The van der Waals surface area contributed by atoms with Gasteiger partial charge < -0.3 is 9.47 Å². The van der Waals surface area contributed by atoms with E-state index in [4.69, 9.17) is 17.3 Å². The highest BCUT2D eigenvalue weighted by atomic mass is 32.1. The fraction of sp³-hybridized carbons (Fsp3) is 0.417. The van der Waals surface area contributed by atoms with Gasteiger partial charge in [0.15, 0.2) is 4.77 Å². The number of nitrogens with zero attached hydrogens (tertiary/aromatic N) is 5. The first-order chi connectivity index (χ1) is 14.7. The summed E-state index contributed by atoms with van der Waals surface area (Å²) in [5, 5.41) is 4.88. The van der Waals surface area contributed by atoms with Crippen LogP contribution in [0.5, 0.6) is 0 Å². The van der Waals surface area contributed by atoms with Crippen LogP contribution in [0.2, 0.25) is 0 Å². The van der Waals surface area contributed by atoms with Gasteiger partial charge in [-0.1, -0.05) is 48.5 Å². The van der Waals surface area contributed by atoms with Crippen molar-refractivity contribution in [1.29, 1.82) is 0 Å². The van der Waals surface area contributed by atoms with Gasteiger partial charge in [-0.15, -0.1) is 0 Å². The number of hydrogen-bond acceptors (Lipinski definition) is 4. The molecular formula is C24H31N5S. The summed E-state index contributed by atoms with van der Waals surface area (Å²) >= 11 is 5.75. The third-order valence-electron chi connectivity index (χ3n) is 5.77. The molecule has 3 aromatic rings. The molecule has 1 aromatic heterocycles. The van der Waals surface area contributed by atoms with Crippen molar-refractivity contribution < 1.29 is 0 Å². The van der Waals surface area contributed by atoms with Crippen molar-refractivity contribution in [3.63, 3.8) is 0 Å². The van der Waals surface area contributed by atoms with Crippen molar-refractivity contribution in [3.8, 4) is 0 Å². The predicted molar refractivity (Wildman–Crippen MR) is 125 cm³/mol. The van der Waals surface area contributed by atoms with Gasteiger partial charge in [-0.2, -0.15) is 5.10 Å². The topological polar surface area (TPSA) is 29.2 Å². The minimum Gasteiger partial charge on any atom is -0.371 e. The number of para-hydroxylation sites is 1. The summed E-state index contributed by atoms with van der Waals surface area (Å²) in [4.78, 5) is 4.81. The molecule has 1 saturated heterocycles. The first-order valence-corrected chi connectivity index (χ1v) is 11.3. The predicted octanol–water partition coefficient (Wildman–Crippen LogP) is 4.71. The van der Waals surface area contributed by atoms with Gasteiger partial charge in [0, 0.05) is 38.3 Å². The maximum Gasteiger partial charge on any atom is 0.199 e. The van der Waals surface area contributed by atoms with Crippen LogP contribution in [-0.2, 0) is 26.2 Å². The van der Waals surface area contributed by atoms with Crippen molar-refractivity contribution in [2.45, 2.75) is 45.9 Å². The maximum atomic E-state index is 5.75. The van der Waals surface area contributed by atoms with Crippen LogP contribution in [0, 0.1) is 4.77 Å². The summed E-state index contributed by atoms with van der Waals surface area (Å²) in [6, 6.07) is 19.3. The van der Waals surface area contributed by atoms with Gasteiger partial charge in [0.2, 0.25) is 0 Å². The molecule has 6 heteroatoms. The summed E-state index contributed by atoms with van der Waals surface area (Å²) in [6.07, 6.45) is 3.38. The Labute approximate surface area is 184 Å². The lowest BCUT2D eigenvalue weighted by Gasteiger charge is -2.24. The quantitative estimate of drug-likeness (QED) is 0.493. The fourth-order valence-electron chi connectivity index (χ4n) is 4.29. The second-order valence-electron chi connectivity index (χ2n) is 8.08. The molecule has 30 heavy (non-hydrogen) atoms. The van der Waals surface area contributed by atoms with Gasteiger partial charge in [0.05, 0.1) is 6.67 Å². The molecule has 0 unspecified atom stereocenters. The molecule has 0 amide bonds. The molecule has 4 rings (SSSR count). The molecule has 158 valence electrons. The Kier molecular flexibility index (Phi) is 6.65. The lowest BCUT2D eigenvalue weighted by molar-refractivity contribution is 0.243. The average molecular weight is 422 g/mol. The first-order valence-electron chi connectivity index (χ1n) is 10.9. The van der Waals surface area contributed by atoms with Crippen LogP contribution in [0.1, 0.15) is 36.7 Å². The monoisotopic (exact) mass is 421 g/mol. The highest BCUT2D eigenvalue weighted by molar-refractivity contribution is 7.71. The summed E-state index contributed by atoms with van der Waals surface area (Å²) in [6.45, 7) is 6.85. The molecule has 0 aliphatic carbocycles. The number of benzene rings is 2. The molecule has 1 aliphatic heterocycles. The molecule has 0 atom stereocenters. The Balaban J connectivity index is 1.50. The zero-order valence-corrected chi connectivity index (χ0v) is 18.8. The average Bonchev–Trinajstić information content (AvgIpc) is 3.38. The lowest BCUT2D eigenvalue weighted by Crippen LogP contribution is -2.25. The van der Waals surface area contributed by atoms with Crippen molar-refractivity contribution >= 4 is 17.9 Å². The largest absolute Gasteiger partial charge is 0.371 e. The molecule has 0 radical (unpaired) electrons. The Morgan fingerprint density at radius 1 is 1.00 bits per heavy atom. The van der Waals surface area contributed by atoms with Crippen molar-refractivity contribution in [2.24, 2.45) is 0 Å². The van der Waals surface area contributed by atoms with E-state index in [2.05, 4.69) is 76.9 Å². The second-order valence-corrected chi connectivity index (χ2v) is 8.45. The first kappa shape index (κ1) is 20.8. The summed E-state index contributed by atoms with van der Waals surface area (Å²) in [5.74, 6) is 1.03. The van der Waals surface area contributed by atoms with Crippen LogP contribution >= 0.6 is 12.2 Å². The van der Waals surface area contributed by atoms with E-state index in [0.717, 1.165) is 43.2 Å². The standard InChI is InChI=1S/C24H31N5S/c1-3-28-23(17-20-11-5-4-6-12-20)25-29(24(28)30)19-26(2)18-21-13-7-8-14-22(21)27-15-9-10-16-27/h4-8,11-14H,3,9-10,15-19H2,1-2H3. The van der Waals surface area contributed by atoms with Gasteiger partial charge in [0.1, 0.15) is 5.82 Å². The zero-order chi connectivity index (χ0) is 20.9. The Morgan fingerprint density at radius 2 is 1.70 bits per heavy atom. The van der Waals surface area contributed by atoms with E-state index in [0.29, 0.717) is 6.67 Å². The zero-order valence-electron chi connectivity index (χ0n) is 18.0. The minimum atomic E-state index is 0.682. The Morgan fingerprint density at radius 3 is 2.43 bits per heavy atom. The molecule has 0 N–H and O–H groups in total. The normalized spacial score (nSPS) is 14.0. The van der Waals surface area contributed by atoms with Gasteiger partial charge in [0.25, 0.3) is 0 Å². The molecule has 5 nitrogen and oxygen atoms in total. The van der Waals surface area contributed by atoms with Crippen LogP contribution in [0.3, 0.4) is 0 Å². The van der Waals surface area contributed by atoms with Crippen molar-refractivity contribution in [3.05, 3.63) is 76.3 Å². The highest BCUT2D eigenvalue weighted by Crippen LogP contribution is 2.25. The van der Waals surface area contributed by atoms with Crippen LogP contribution in [-0.4, -0.2) is 39.4 Å². The summed E-state index contributed by atoms with van der Waals surface area (Å²) < 4.78 is 4.91. The highest BCUT2D eigenvalue weighted by Gasteiger charge is 2.17. The summed E-state index contributed by atoms with van der Waals surface area (Å²) in [7, 11) is 2.14. The van der Waals surface area contributed by atoms with Gasteiger partial charge in [-0.05, 0) is 56.2 Å². The van der Waals surface area contributed by atoms with Crippen LogP contribution in [0.15, 0.2) is 54.6 Å². The van der Waals surface area contributed by atoms with Crippen LogP contribution < -0.4 is 4.90 Å². The molecule has 1 aliphatic rings. The van der Waals surface area contributed by atoms with Crippen LogP contribution in [0.25, 0.3) is 0 Å². The van der Waals surface area contributed by atoms with E-state index in [1.165, 1.54) is 29.7 Å². The molecule has 1 fully saturated rings. The SMILES string of the molecule is CCn1c(Cc2ccccc2)nn(CN(C)Cc2ccccc2N2CCCC2)c1=S. The molecule has 0 saturated carbocycles. The number of aromatic nitrogens is 3. The van der Waals surface area contributed by atoms with E-state index in [1.54, 1.807) is 0 Å². The number of anilines is 1. The van der Waals surface area contributed by atoms with E-state index in [9.17, 15) is 0 Å².